The molecule has 0 spiro atoms. The molecule has 2 rings (SSSR count). The van der Waals surface area contributed by atoms with Crippen LogP contribution in [0.3, 0.4) is 0 Å². The van der Waals surface area contributed by atoms with Crippen LogP contribution in [-0.4, -0.2) is 54.6 Å². The normalized spacial score (nSPS) is 18.5. The van der Waals surface area contributed by atoms with Crippen molar-refractivity contribution in [1.82, 2.24) is 20.5 Å². The molecule has 1 saturated heterocycles. The number of aromatic nitrogens is 1. The minimum atomic E-state index is 0. The number of nitrogens with one attached hydrogen (secondary N) is 2. The molecule has 1 aliphatic rings. The molecule has 5 nitrogen and oxygen atoms in total. The monoisotopic (exact) mass is 465 g/mol. The zero-order valence-corrected chi connectivity index (χ0v) is 18.5. The van der Waals surface area contributed by atoms with Crippen LogP contribution in [0, 0.1) is 13.8 Å². The van der Waals surface area contributed by atoms with Crippen molar-refractivity contribution >= 4 is 41.3 Å². The average Bonchev–Trinajstić information content (AvgIpc) is 3.10. The summed E-state index contributed by atoms with van der Waals surface area (Å²) in [6.45, 7) is 13.6. The topological polar surface area (TPSA) is 52.6 Å². The molecule has 1 atom stereocenters. The first-order valence-electron chi connectivity index (χ1n) is 8.83. The zero-order valence-electron chi connectivity index (χ0n) is 15.4. The van der Waals surface area contributed by atoms with Crippen LogP contribution in [-0.2, 0) is 6.42 Å². The Balaban J connectivity index is 0.00000288. The molecule has 0 aliphatic carbocycles. The Bertz CT molecular complexity index is 517. The number of halogens is 1. The van der Waals surface area contributed by atoms with Gasteiger partial charge in [0.15, 0.2) is 5.96 Å². The standard InChI is InChI=1S/C17H31N5S.HI/c1-5-18-17(20-12-15-8-7-11-22(15)6-2)19-10-9-16-13(3)21-14(4)23-16;/h15H,5-12H2,1-4H3,(H2,18,19,20);1H. The van der Waals surface area contributed by atoms with E-state index in [1.807, 2.05) is 0 Å². The summed E-state index contributed by atoms with van der Waals surface area (Å²) in [5.74, 6) is 0.939. The molecule has 2 N–H and O–H groups in total. The van der Waals surface area contributed by atoms with Crippen molar-refractivity contribution in [3.63, 3.8) is 0 Å². The van der Waals surface area contributed by atoms with E-state index in [0.29, 0.717) is 6.04 Å². The number of thiazole rings is 1. The summed E-state index contributed by atoms with van der Waals surface area (Å²) >= 11 is 1.80. The molecule has 1 unspecified atom stereocenters. The fourth-order valence-electron chi connectivity index (χ4n) is 3.16. The SMILES string of the molecule is CCNC(=NCC1CCCN1CC)NCCc1sc(C)nc1C.I. The van der Waals surface area contributed by atoms with Gasteiger partial charge in [-0.15, -0.1) is 35.3 Å². The van der Waals surface area contributed by atoms with Gasteiger partial charge < -0.3 is 10.6 Å². The number of hydrogen-bond acceptors (Lipinski definition) is 4. The second kappa shape index (κ2) is 11.3. The highest BCUT2D eigenvalue weighted by Gasteiger charge is 2.22. The third-order valence-electron chi connectivity index (χ3n) is 4.35. The fourth-order valence-corrected chi connectivity index (χ4v) is 4.09. The van der Waals surface area contributed by atoms with E-state index >= 15 is 0 Å². The molecule has 0 radical (unpaired) electrons. The number of aryl methyl sites for hydroxylation is 2. The summed E-state index contributed by atoms with van der Waals surface area (Å²) < 4.78 is 0. The Kier molecular flexibility index (Phi) is 10.1. The predicted octanol–water partition coefficient (Wildman–Crippen LogP) is 2.96. The van der Waals surface area contributed by atoms with Crippen LogP contribution in [0.1, 0.15) is 42.3 Å². The van der Waals surface area contributed by atoms with Gasteiger partial charge in [0.1, 0.15) is 0 Å². The highest BCUT2D eigenvalue weighted by atomic mass is 127. The Labute approximate surface area is 167 Å². The molecule has 138 valence electrons. The van der Waals surface area contributed by atoms with Crippen molar-refractivity contribution in [1.29, 1.82) is 0 Å². The second-order valence-electron chi connectivity index (χ2n) is 6.06. The number of guanidine groups is 1. The Morgan fingerprint density at radius 2 is 2.12 bits per heavy atom. The lowest BCUT2D eigenvalue weighted by Crippen LogP contribution is -2.40. The minimum Gasteiger partial charge on any atom is -0.357 e. The van der Waals surface area contributed by atoms with Crippen LogP contribution >= 0.6 is 35.3 Å². The first-order valence-corrected chi connectivity index (χ1v) is 9.64. The van der Waals surface area contributed by atoms with Gasteiger partial charge in [-0.05, 0) is 46.7 Å². The van der Waals surface area contributed by atoms with E-state index in [-0.39, 0.29) is 24.0 Å². The maximum Gasteiger partial charge on any atom is 0.191 e. The van der Waals surface area contributed by atoms with E-state index in [1.54, 1.807) is 11.3 Å². The average molecular weight is 465 g/mol. The minimum absolute atomic E-state index is 0. The van der Waals surface area contributed by atoms with E-state index in [4.69, 9.17) is 4.99 Å². The molecule has 0 bridgehead atoms. The lowest BCUT2D eigenvalue weighted by atomic mass is 10.2. The molecule has 1 aromatic rings. The highest BCUT2D eigenvalue weighted by Crippen LogP contribution is 2.17. The molecule has 7 heteroatoms. The molecular formula is C17H32IN5S. The molecule has 1 fully saturated rings. The van der Waals surface area contributed by atoms with E-state index < -0.39 is 0 Å². The molecule has 0 amide bonds. The van der Waals surface area contributed by atoms with Gasteiger partial charge in [-0.3, -0.25) is 9.89 Å². The molecule has 0 saturated carbocycles. The van der Waals surface area contributed by atoms with Gasteiger partial charge in [0, 0.05) is 30.4 Å². The summed E-state index contributed by atoms with van der Waals surface area (Å²) in [5.41, 5.74) is 1.17. The van der Waals surface area contributed by atoms with E-state index in [1.165, 1.54) is 30.0 Å². The maximum atomic E-state index is 4.79. The number of nitrogens with zero attached hydrogens (tertiary/aromatic N) is 3. The molecule has 1 aliphatic heterocycles. The van der Waals surface area contributed by atoms with Gasteiger partial charge in [-0.1, -0.05) is 6.92 Å². The molecule has 1 aromatic heterocycles. The van der Waals surface area contributed by atoms with Gasteiger partial charge >= 0.3 is 0 Å². The van der Waals surface area contributed by atoms with Crippen molar-refractivity contribution in [2.45, 2.75) is 53.0 Å². The summed E-state index contributed by atoms with van der Waals surface area (Å²) in [5, 5.41) is 7.97. The lowest BCUT2D eigenvalue weighted by molar-refractivity contribution is 0.273. The first-order chi connectivity index (χ1) is 11.1. The smallest absolute Gasteiger partial charge is 0.191 e. The molecule has 24 heavy (non-hydrogen) atoms. The van der Waals surface area contributed by atoms with Crippen molar-refractivity contribution < 1.29 is 0 Å². The van der Waals surface area contributed by atoms with Crippen LogP contribution in [0.25, 0.3) is 0 Å². The van der Waals surface area contributed by atoms with Crippen molar-refractivity contribution in [3.05, 3.63) is 15.6 Å². The Morgan fingerprint density at radius 3 is 2.75 bits per heavy atom. The summed E-state index contributed by atoms with van der Waals surface area (Å²) in [7, 11) is 0. The number of likely N-dealkylation sites (N-methyl/N-ethyl adjacent to an activating group) is 1. The summed E-state index contributed by atoms with van der Waals surface area (Å²) in [4.78, 5) is 13.2. The molecular weight excluding hydrogens is 433 g/mol. The molecule has 0 aromatic carbocycles. The zero-order chi connectivity index (χ0) is 16.7. The number of rotatable bonds is 7. The van der Waals surface area contributed by atoms with Gasteiger partial charge in [-0.25, -0.2) is 4.98 Å². The van der Waals surface area contributed by atoms with Crippen molar-refractivity contribution in [2.75, 3.05) is 32.7 Å². The van der Waals surface area contributed by atoms with Gasteiger partial charge in [0.05, 0.1) is 17.2 Å². The van der Waals surface area contributed by atoms with Gasteiger partial charge in [-0.2, -0.15) is 0 Å². The number of likely N-dealkylation sites (tertiary alicyclic amines) is 1. The summed E-state index contributed by atoms with van der Waals surface area (Å²) in [6.07, 6.45) is 3.59. The largest absolute Gasteiger partial charge is 0.357 e. The van der Waals surface area contributed by atoms with Gasteiger partial charge in [0.2, 0.25) is 0 Å². The van der Waals surface area contributed by atoms with Crippen LogP contribution < -0.4 is 10.6 Å². The van der Waals surface area contributed by atoms with Gasteiger partial charge in [0.25, 0.3) is 0 Å². The Hall–Kier alpha value is -0.410. The second-order valence-corrected chi connectivity index (χ2v) is 7.35. The quantitative estimate of drug-likeness (QED) is 0.370. The van der Waals surface area contributed by atoms with Crippen molar-refractivity contribution in [3.8, 4) is 0 Å². The first kappa shape index (κ1) is 21.6. The number of hydrogen-bond donors (Lipinski definition) is 2. The third kappa shape index (κ3) is 6.48. The highest BCUT2D eigenvalue weighted by molar-refractivity contribution is 14.0. The maximum absolute atomic E-state index is 4.79. The predicted molar refractivity (Wildman–Crippen MR) is 115 cm³/mol. The van der Waals surface area contributed by atoms with Crippen LogP contribution in [0.15, 0.2) is 4.99 Å². The van der Waals surface area contributed by atoms with E-state index in [0.717, 1.165) is 43.6 Å². The van der Waals surface area contributed by atoms with Crippen LogP contribution in [0.4, 0.5) is 0 Å². The Morgan fingerprint density at radius 1 is 1.33 bits per heavy atom. The van der Waals surface area contributed by atoms with E-state index in [9.17, 15) is 0 Å². The fraction of sp³-hybridized carbons (Fsp3) is 0.765. The lowest BCUT2D eigenvalue weighted by Gasteiger charge is -2.21. The van der Waals surface area contributed by atoms with E-state index in [2.05, 4.69) is 48.2 Å². The summed E-state index contributed by atoms with van der Waals surface area (Å²) in [6, 6.07) is 0.613. The third-order valence-corrected chi connectivity index (χ3v) is 5.49. The number of aliphatic imine (C=N–C) groups is 1. The van der Waals surface area contributed by atoms with Crippen molar-refractivity contribution in [2.24, 2.45) is 4.99 Å². The molecule has 2 heterocycles. The van der Waals surface area contributed by atoms with Crippen LogP contribution in [0.5, 0.6) is 0 Å². The van der Waals surface area contributed by atoms with Crippen LogP contribution in [0.2, 0.25) is 0 Å².